The van der Waals surface area contributed by atoms with Gasteiger partial charge in [0.1, 0.15) is 0 Å². The highest BCUT2D eigenvalue weighted by Crippen LogP contribution is 2.28. The van der Waals surface area contributed by atoms with E-state index in [1.165, 1.54) is 17.3 Å². The molecule has 5 heteroatoms. The molecule has 1 aliphatic heterocycles. The fraction of sp³-hybridized carbons (Fsp3) is 0.333. The number of benzene rings is 1. The summed E-state index contributed by atoms with van der Waals surface area (Å²) in [6.07, 6.45) is 4.68. The molecule has 0 unspecified atom stereocenters. The van der Waals surface area contributed by atoms with Crippen LogP contribution in [-0.2, 0) is 17.8 Å². The molecule has 4 nitrogen and oxygen atoms in total. The summed E-state index contributed by atoms with van der Waals surface area (Å²) < 4.78 is 2.05. The molecule has 0 N–H and O–H groups in total. The van der Waals surface area contributed by atoms with Crippen molar-refractivity contribution in [2.45, 2.75) is 25.0 Å². The fourth-order valence-electron chi connectivity index (χ4n) is 2.48. The lowest BCUT2D eigenvalue weighted by Crippen LogP contribution is -2.30. The number of hydrogen-bond donors (Lipinski definition) is 0. The third kappa shape index (κ3) is 2.45. The van der Waals surface area contributed by atoms with Crippen molar-refractivity contribution >= 4 is 23.4 Å². The van der Waals surface area contributed by atoms with Crippen LogP contribution in [0.4, 0.5) is 5.69 Å². The minimum absolute atomic E-state index is 0.158. The van der Waals surface area contributed by atoms with Gasteiger partial charge in [0.2, 0.25) is 5.91 Å². The summed E-state index contributed by atoms with van der Waals surface area (Å²) >= 11 is 1.51. The number of anilines is 1. The Labute approximate surface area is 122 Å². The minimum Gasteiger partial charge on any atom is -0.326 e. The standard InChI is InChI=1S/C15H17N3OS/c1-2-17-10-8-16-15(17)20-11-14(19)18-9-7-12-5-3-4-6-13(12)18/h3-6,8,10H,2,7,9,11H2,1H3. The number of fused-ring (bicyclic) bond motifs is 1. The summed E-state index contributed by atoms with van der Waals surface area (Å²) in [5, 5.41) is 0.910. The Morgan fingerprint density at radius 2 is 2.25 bits per heavy atom. The predicted octanol–water partition coefficient (Wildman–Crippen LogP) is 2.58. The number of carbonyl (C=O) groups excluding carboxylic acids is 1. The Morgan fingerprint density at radius 1 is 1.40 bits per heavy atom. The highest BCUT2D eigenvalue weighted by molar-refractivity contribution is 7.99. The van der Waals surface area contributed by atoms with Gasteiger partial charge in [-0.05, 0) is 25.0 Å². The highest BCUT2D eigenvalue weighted by atomic mass is 32.2. The van der Waals surface area contributed by atoms with E-state index in [2.05, 4.69) is 22.5 Å². The van der Waals surface area contributed by atoms with Gasteiger partial charge in [-0.3, -0.25) is 4.79 Å². The maximum atomic E-state index is 12.4. The molecule has 0 saturated carbocycles. The molecule has 1 aromatic heterocycles. The Hall–Kier alpha value is -1.75. The van der Waals surface area contributed by atoms with E-state index in [1.807, 2.05) is 29.3 Å². The van der Waals surface area contributed by atoms with Crippen LogP contribution in [0.15, 0.2) is 41.8 Å². The smallest absolute Gasteiger partial charge is 0.237 e. The Morgan fingerprint density at radius 3 is 3.10 bits per heavy atom. The molecule has 1 amide bonds. The lowest BCUT2D eigenvalue weighted by Gasteiger charge is -2.17. The number of aromatic nitrogens is 2. The summed E-state index contributed by atoms with van der Waals surface area (Å²) in [4.78, 5) is 18.5. The SMILES string of the molecule is CCn1ccnc1SCC(=O)N1CCc2ccccc21. The first kappa shape index (κ1) is 13.2. The van der Waals surface area contributed by atoms with E-state index >= 15 is 0 Å². The molecule has 104 valence electrons. The largest absolute Gasteiger partial charge is 0.326 e. The zero-order valence-corrected chi connectivity index (χ0v) is 12.3. The quantitative estimate of drug-likeness (QED) is 0.811. The van der Waals surface area contributed by atoms with E-state index in [-0.39, 0.29) is 5.91 Å². The summed E-state index contributed by atoms with van der Waals surface area (Å²) in [5.41, 5.74) is 2.33. The Bertz CT molecular complexity index is 623. The zero-order valence-electron chi connectivity index (χ0n) is 11.5. The number of aryl methyl sites for hydroxylation is 1. The average Bonchev–Trinajstić information content (AvgIpc) is 3.11. The molecule has 0 radical (unpaired) electrons. The van der Waals surface area contributed by atoms with E-state index in [0.29, 0.717) is 5.75 Å². The van der Waals surface area contributed by atoms with Gasteiger partial charge in [-0.25, -0.2) is 4.98 Å². The summed E-state index contributed by atoms with van der Waals surface area (Å²) in [5.74, 6) is 0.594. The molecule has 0 bridgehead atoms. The molecule has 3 rings (SSSR count). The van der Waals surface area contributed by atoms with Gasteiger partial charge >= 0.3 is 0 Å². The topological polar surface area (TPSA) is 38.1 Å². The molecule has 1 aromatic carbocycles. The molecular formula is C15H17N3OS. The molecule has 2 aromatic rings. The van der Waals surface area contributed by atoms with Crippen LogP contribution in [0.2, 0.25) is 0 Å². The van der Waals surface area contributed by atoms with Crippen molar-refractivity contribution in [1.82, 2.24) is 9.55 Å². The molecule has 2 heterocycles. The number of nitrogens with zero attached hydrogens (tertiary/aromatic N) is 3. The van der Waals surface area contributed by atoms with E-state index in [9.17, 15) is 4.79 Å². The van der Waals surface area contributed by atoms with Crippen molar-refractivity contribution in [2.24, 2.45) is 0 Å². The number of thioether (sulfide) groups is 1. The Balaban J connectivity index is 1.66. The van der Waals surface area contributed by atoms with Gasteiger partial charge in [0, 0.05) is 31.2 Å². The number of amides is 1. The van der Waals surface area contributed by atoms with Crippen molar-refractivity contribution in [3.05, 3.63) is 42.2 Å². The number of hydrogen-bond acceptors (Lipinski definition) is 3. The van der Waals surface area contributed by atoms with Gasteiger partial charge in [0.05, 0.1) is 5.75 Å². The van der Waals surface area contributed by atoms with Crippen molar-refractivity contribution in [3.63, 3.8) is 0 Å². The van der Waals surface area contributed by atoms with Crippen molar-refractivity contribution < 1.29 is 4.79 Å². The van der Waals surface area contributed by atoms with Crippen LogP contribution in [0.1, 0.15) is 12.5 Å². The predicted molar refractivity (Wildman–Crippen MR) is 81.1 cm³/mol. The third-order valence-electron chi connectivity index (χ3n) is 3.53. The van der Waals surface area contributed by atoms with Crippen LogP contribution >= 0.6 is 11.8 Å². The van der Waals surface area contributed by atoms with Gasteiger partial charge in [-0.1, -0.05) is 30.0 Å². The fourth-order valence-corrected chi connectivity index (χ4v) is 3.38. The lowest BCUT2D eigenvalue weighted by atomic mass is 10.2. The lowest BCUT2D eigenvalue weighted by molar-refractivity contribution is -0.116. The second-order valence-corrected chi connectivity index (χ2v) is 5.65. The van der Waals surface area contributed by atoms with E-state index in [4.69, 9.17) is 0 Å². The number of imidazole rings is 1. The van der Waals surface area contributed by atoms with Crippen LogP contribution in [0.25, 0.3) is 0 Å². The van der Waals surface area contributed by atoms with Crippen molar-refractivity contribution in [3.8, 4) is 0 Å². The summed E-state index contributed by atoms with van der Waals surface area (Å²) in [6.45, 7) is 3.74. The van der Waals surface area contributed by atoms with Crippen LogP contribution in [0.3, 0.4) is 0 Å². The van der Waals surface area contributed by atoms with Gasteiger partial charge in [0.25, 0.3) is 0 Å². The molecule has 0 spiro atoms. The van der Waals surface area contributed by atoms with Gasteiger partial charge in [0.15, 0.2) is 5.16 Å². The third-order valence-corrected chi connectivity index (χ3v) is 4.52. The number of rotatable bonds is 4. The first-order valence-corrected chi connectivity index (χ1v) is 7.80. The molecular weight excluding hydrogens is 270 g/mol. The van der Waals surface area contributed by atoms with E-state index < -0.39 is 0 Å². The molecule has 0 aliphatic carbocycles. The van der Waals surface area contributed by atoms with Gasteiger partial charge in [-0.15, -0.1) is 0 Å². The molecule has 0 saturated heterocycles. The molecule has 0 fully saturated rings. The van der Waals surface area contributed by atoms with Crippen LogP contribution in [0, 0.1) is 0 Å². The van der Waals surface area contributed by atoms with E-state index in [0.717, 1.165) is 30.4 Å². The maximum Gasteiger partial charge on any atom is 0.237 e. The second kappa shape index (κ2) is 5.71. The normalized spacial score (nSPS) is 13.6. The van der Waals surface area contributed by atoms with Crippen LogP contribution < -0.4 is 4.90 Å². The first-order chi connectivity index (χ1) is 9.79. The van der Waals surface area contributed by atoms with Gasteiger partial charge < -0.3 is 9.47 Å². The van der Waals surface area contributed by atoms with E-state index in [1.54, 1.807) is 6.20 Å². The Kier molecular flexibility index (Phi) is 3.78. The van der Waals surface area contributed by atoms with Crippen molar-refractivity contribution in [2.75, 3.05) is 17.2 Å². The zero-order chi connectivity index (χ0) is 13.9. The molecule has 0 atom stereocenters. The molecule has 1 aliphatic rings. The molecule has 20 heavy (non-hydrogen) atoms. The van der Waals surface area contributed by atoms with Crippen LogP contribution in [-0.4, -0.2) is 27.8 Å². The minimum atomic E-state index is 0.158. The van der Waals surface area contributed by atoms with Gasteiger partial charge in [-0.2, -0.15) is 0 Å². The summed E-state index contributed by atoms with van der Waals surface area (Å²) in [7, 11) is 0. The van der Waals surface area contributed by atoms with Crippen molar-refractivity contribution in [1.29, 1.82) is 0 Å². The monoisotopic (exact) mass is 287 g/mol. The number of carbonyl (C=O) groups is 1. The second-order valence-electron chi connectivity index (χ2n) is 4.71. The highest BCUT2D eigenvalue weighted by Gasteiger charge is 2.24. The summed E-state index contributed by atoms with van der Waals surface area (Å²) in [6, 6.07) is 8.14. The average molecular weight is 287 g/mol. The number of para-hydroxylation sites is 1. The van der Waals surface area contributed by atoms with Crippen LogP contribution in [0.5, 0.6) is 0 Å². The first-order valence-electron chi connectivity index (χ1n) is 6.82. The maximum absolute atomic E-state index is 12.4.